The summed E-state index contributed by atoms with van der Waals surface area (Å²) in [5.41, 5.74) is -0.268. The molecule has 3 N–H and O–H groups in total. The van der Waals surface area contributed by atoms with Crippen LogP contribution in [0.4, 0.5) is 0 Å². The third kappa shape index (κ3) is 3.98. The van der Waals surface area contributed by atoms with E-state index in [2.05, 4.69) is 10.6 Å². The molecule has 18 heavy (non-hydrogen) atoms. The van der Waals surface area contributed by atoms with Crippen molar-refractivity contribution in [1.29, 1.82) is 0 Å². The van der Waals surface area contributed by atoms with Crippen LogP contribution in [0.1, 0.15) is 40.5 Å². The summed E-state index contributed by atoms with van der Waals surface area (Å²) in [4.78, 5) is 23.0. The number of carboxylic acids is 1. The molecular weight excluding hydrogens is 232 g/mol. The van der Waals surface area contributed by atoms with Crippen LogP contribution in [0.2, 0.25) is 0 Å². The summed E-state index contributed by atoms with van der Waals surface area (Å²) in [5.74, 6) is -0.667. The highest BCUT2D eigenvalue weighted by atomic mass is 16.4. The summed E-state index contributed by atoms with van der Waals surface area (Å²) >= 11 is 0. The lowest BCUT2D eigenvalue weighted by atomic mass is 9.84. The molecule has 3 atom stereocenters. The van der Waals surface area contributed by atoms with E-state index in [0.29, 0.717) is 5.92 Å². The number of carbonyl (C=O) groups is 2. The molecule has 1 heterocycles. The molecule has 1 amide bonds. The Bertz CT molecular complexity index is 323. The van der Waals surface area contributed by atoms with Crippen LogP contribution in [-0.2, 0) is 9.59 Å². The van der Waals surface area contributed by atoms with Gasteiger partial charge in [-0.1, -0.05) is 27.7 Å². The third-order valence-corrected chi connectivity index (χ3v) is 3.56. The minimum absolute atomic E-state index is 0.0453. The maximum absolute atomic E-state index is 12.1. The van der Waals surface area contributed by atoms with Gasteiger partial charge < -0.3 is 15.7 Å². The molecule has 0 spiro atoms. The summed E-state index contributed by atoms with van der Waals surface area (Å²) < 4.78 is 0. The average Bonchev–Trinajstić information content (AvgIpc) is 2.61. The van der Waals surface area contributed by atoms with Crippen LogP contribution in [0, 0.1) is 11.3 Å². The van der Waals surface area contributed by atoms with E-state index in [9.17, 15) is 9.59 Å². The normalized spacial score (nSPS) is 25.8. The maximum atomic E-state index is 12.1. The van der Waals surface area contributed by atoms with Gasteiger partial charge in [0.15, 0.2) is 0 Å². The minimum Gasteiger partial charge on any atom is -0.481 e. The number of aliphatic carboxylic acids is 1. The van der Waals surface area contributed by atoms with Crippen LogP contribution in [0.25, 0.3) is 0 Å². The van der Waals surface area contributed by atoms with Gasteiger partial charge in [0.2, 0.25) is 5.91 Å². The molecule has 5 nitrogen and oxygen atoms in total. The topological polar surface area (TPSA) is 78.4 Å². The summed E-state index contributed by atoms with van der Waals surface area (Å²) in [6.07, 6.45) is 0.938. The van der Waals surface area contributed by atoms with Crippen molar-refractivity contribution in [2.45, 2.75) is 52.6 Å². The number of carboxylic acid groups (broad SMARTS) is 1. The number of hydrogen-bond donors (Lipinski definition) is 3. The molecule has 3 unspecified atom stereocenters. The van der Waals surface area contributed by atoms with Crippen molar-refractivity contribution in [2.75, 3.05) is 6.54 Å². The van der Waals surface area contributed by atoms with Crippen molar-refractivity contribution in [1.82, 2.24) is 10.6 Å². The van der Waals surface area contributed by atoms with Crippen LogP contribution in [0.5, 0.6) is 0 Å². The standard InChI is InChI=1S/C13H24N2O3/c1-8-5-6-14-11(8)12(18)15-9(7-10(16)17)13(2,3)4/h8-9,11,14H,5-7H2,1-4H3,(H,15,18)(H,16,17). The fourth-order valence-electron chi connectivity index (χ4n) is 2.20. The van der Waals surface area contributed by atoms with Gasteiger partial charge >= 0.3 is 5.97 Å². The molecule has 0 aromatic heterocycles. The highest BCUT2D eigenvalue weighted by Gasteiger charge is 2.34. The summed E-state index contributed by atoms with van der Waals surface area (Å²) in [7, 11) is 0. The Morgan fingerprint density at radius 1 is 1.44 bits per heavy atom. The molecule has 0 saturated carbocycles. The molecule has 1 aliphatic heterocycles. The zero-order valence-corrected chi connectivity index (χ0v) is 11.6. The highest BCUT2D eigenvalue weighted by Crippen LogP contribution is 2.23. The quantitative estimate of drug-likeness (QED) is 0.701. The SMILES string of the molecule is CC1CCNC1C(=O)NC(CC(=O)O)C(C)(C)C. The van der Waals surface area contributed by atoms with Crippen LogP contribution in [0.3, 0.4) is 0 Å². The lowest BCUT2D eigenvalue weighted by Gasteiger charge is -2.31. The number of amides is 1. The van der Waals surface area contributed by atoms with E-state index in [1.54, 1.807) is 0 Å². The number of carbonyl (C=O) groups excluding carboxylic acids is 1. The first-order chi connectivity index (χ1) is 8.21. The average molecular weight is 256 g/mol. The van der Waals surface area contributed by atoms with Crippen molar-refractivity contribution >= 4 is 11.9 Å². The molecule has 0 aliphatic carbocycles. The van der Waals surface area contributed by atoms with Gasteiger partial charge in [-0.3, -0.25) is 9.59 Å². The lowest BCUT2D eigenvalue weighted by Crippen LogP contribution is -2.51. The molecule has 0 aromatic carbocycles. The zero-order chi connectivity index (χ0) is 13.9. The van der Waals surface area contributed by atoms with Gasteiger partial charge in [0.25, 0.3) is 0 Å². The molecule has 5 heteroatoms. The largest absolute Gasteiger partial charge is 0.481 e. The van der Waals surface area contributed by atoms with Crippen LogP contribution >= 0.6 is 0 Å². The zero-order valence-electron chi connectivity index (χ0n) is 11.6. The summed E-state index contributed by atoms with van der Waals surface area (Å²) in [6.45, 7) is 8.69. The lowest BCUT2D eigenvalue weighted by molar-refractivity contribution is -0.138. The second-order valence-corrected chi connectivity index (χ2v) is 6.22. The number of hydrogen-bond acceptors (Lipinski definition) is 3. The van der Waals surface area contributed by atoms with E-state index in [-0.39, 0.29) is 29.8 Å². The second kappa shape index (κ2) is 5.69. The third-order valence-electron chi connectivity index (χ3n) is 3.56. The Labute approximate surface area is 108 Å². The highest BCUT2D eigenvalue weighted by molar-refractivity contribution is 5.83. The predicted molar refractivity (Wildman–Crippen MR) is 69.2 cm³/mol. The Balaban J connectivity index is 2.65. The van der Waals surface area contributed by atoms with Crippen LogP contribution < -0.4 is 10.6 Å². The Kier molecular flexibility index (Phi) is 4.73. The van der Waals surface area contributed by atoms with Crippen molar-refractivity contribution in [2.24, 2.45) is 11.3 Å². The molecule has 1 fully saturated rings. The molecule has 104 valence electrons. The summed E-state index contributed by atoms with van der Waals surface area (Å²) in [5, 5.41) is 14.9. The van der Waals surface area contributed by atoms with E-state index in [0.717, 1.165) is 13.0 Å². The van der Waals surface area contributed by atoms with Gasteiger partial charge in [0.05, 0.1) is 12.5 Å². The number of nitrogens with one attached hydrogen (secondary N) is 2. The first-order valence-electron chi connectivity index (χ1n) is 6.47. The van der Waals surface area contributed by atoms with E-state index < -0.39 is 5.97 Å². The molecule has 0 radical (unpaired) electrons. The van der Waals surface area contributed by atoms with Gasteiger partial charge in [0, 0.05) is 6.04 Å². The monoisotopic (exact) mass is 256 g/mol. The van der Waals surface area contributed by atoms with E-state index in [1.807, 2.05) is 27.7 Å². The Morgan fingerprint density at radius 2 is 2.06 bits per heavy atom. The number of rotatable bonds is 4. The van der Waals surface area contributed by atoms with Crippen molar-refractivity contribution in [3.05, 3.63) is 0 Å². The Hall–Kier alpha value is -1.10. The summed E-state index contributed by atoms with van der Waals surface area (Å²) in [6, 6.07) is -0.541. The molecule has 0 bridgehead atoms. The molecule has 1 aliphatic rings. The van der Waals surface area contributed by atoms with E-state index >= 15 is 0 Å². The second-order valence-electron chi connectivity index (χ2n) is 6.22. The van der Waals surface area contributed by atoms with Crippen molar-refractivity contribution in [3.63, 3.8) is 0 Å². The van der Waals surface area contributed by atoms with Crippen LogP contribution in [-0.4, -0.2) is 35.6 Å². The van der Waals surface area contributed by atoms with Gasteiger partial charge in [-0.2, -0.15) is 0 Å². The van der Waals surface area contributed by atoms with Gasteiger partial charge in [0.1, 0.15) is 0 Å². The molecule has 0 aromatic rings. The molecular formula is C13H24N2O3. The van der Waals surface area contributed by atoms with Gasteiger partial charge in [-0.05, 0) is 24.3 Å². The maximum Gasteiger partial charge on any atom is 0.305 e. The van der Waals surface area contributed by atoms with E-state index in [1.165, 1.54) is 0 Å². The fourth-order valence-corrected chi connectivity index (χ4v) is 2.20. The van der Waals surface area contributed by atoms with Crippen molar-refractivity contribution < 1.29 is 14.7 Å². The van der Waals surface area contributed by atoms with Gasteiger partial charge in [-0.15, -0.1) is 0 Å². The first kappa shape index (κ1) is 15.0. The first-order valence-corrected chi connectivity index (χ1v) is 6.47. The van der Waals surface area contributed by atoms with Gasteiger partial charge in [-0.25, -0.2) is 0 Å². The minimum atomic E-state index is -0.886. The van der Waals surface area contributed by atoms with Crippen LogP contribution in [0.15, 0.2) is 0 Å². The fraction of sp³-hybridized carbons (Fsp3) is 0.846. The van der Waals surface area contributed by atoms with E-state index in [4.69, 9.17) is 5.11 Å². The van der Waals surface area contributed by atoms with Crippen molar-refractivity contribution in [3.8, 4) is 0 Å². The Morgan fingerprint density at radius 3 is 2.44 bits per heavy atom. The molecule has 1 saturated heterocycles. The molecule has 1 rings (SSSR count). The predicted octanol–water partition coefficient (Wildman–Crippen LogP) is 0.990. The smallest absolute Gasteiger partial charge is 0.305 e.